The van der Waals surface area contributed by atoms with Gasteiger partial charge in [0, 0.05) is 19.3 Å². The molecule has 2 aromatic carbocycles. The molecule has 25 heavy (non-hydrogen) atoms. The Morgan fingerprint density at radius 1 is 1.16 bits per heavy atom. The minimum Gasteiger partial charge on any atom is -0.491 e. The largest absolute Gasteiger partial charge is 0.491 e. The molecule has 0 radical (unpaired) electrons. The normalized spacial score (nSPS) is 16.6. The second kappa shape index (κ2) is 7.57. The number of benzene rings is 2. The Balaban J connectivity index is 1.96. The molecule has 1 N–H and O–H groups in total. The van der Waals surface area contributed by atoms with Crippen LogP contribution in [0.1, 0.15) is 35.9 Å². The third-order valence-electron chi connectivity index (χ3n) is 4.10. The summed E-state index contributed by atoms with van der Waals surface area (Å²) in [5.41, 5.74) is 2.52. The number of hydrogen-bond acceptors (Lipinski definition) is 4. The molecule has 1 atom stereocenters. The molecule has 1 unspecified atom stereocenters. The van der Waals surface area contributed by atoms with Crippen molar-refractivity contribution >= 4 is 11.6 Å². The molecule has 0 spiro atoms. The van der Waals surface area contributed by atoms with E-state index in [4.69, 9.17) is 9.47 Å². The Bertz CT molecular complexity index is 745. The highest BCUT2D eigenvalue weighted by Crippen LogP contribution is 2.34. The van der Waals surface area contributed by atoms with Gasteiger partial charge in [0.05, 0.1) is 18.3 Å². The Morgan fingerprint density at radius 3 is 2.72 bits per heavy atom. The van der Waals surface area contributed by atoms with E-state index in [1.807, 2.05) is 62.4 Å². The number of nitrogens with zero attached hydrogens (tertiary/aromatic N) is 1. The van der Waals surface area contributed by atoms with Crippen LogP contribution >= 0.6 is 0 Å². The van der Waals surface area contributed by atoms with Crippen molar-refractivity contribution in [1.29, 1.82) is 0 Å². The maximum absolute atomic E-state index is 13.0. The van der Waals surface area contributed by atoms with Crippen LogP contribution in [-0.2, 0) is 4.74 Å². The predicted molar refractivity (Wildman–Crippen MR) is 97.9 cm³/mol. The van der Waals surface area contributed by atoms with Gasteiger partial charge in [-0.05, 0) is 43.7 Å². The molecule has 1 heterocycles. The number of rotatable bonds is 6. The molecular formula is C20H24N2O3. The van der Waals surface area contributed by atoms with E-state index >= 15 is 0 Å². The fourth-order valence-corrected chi connectivity index (χ4v) is 3.01. The highest BCUT2D eigenvalue weighted by Gasteiger charge is 2.32. The van der Waals surface area contributed by atoms with Gasteiger partial charge in [-0.3, -0.25) is 4.79 Å². The van der Waals surface area contributed by atoms with E-state index in [0.717, 1.165) is 17.0 Å². The van der Waals surface area contributed by atoms with Gasteiger partial charge in [0.1, 0.15) is 11.9 Å². The van der Waals surface area contributed by atoms with E-state index in [-0.39, 0.29) is 18.2 Å². The summed E-state index contributed by atoms with van der Waals surface area (Å²) in [5.74, 6) is 0.805. The summed E-state index contributed by atoms with van der Waals surface area (Å²) in [4.78, 5) is 14.8. The minimum absolute atomic E-state index is 0.00609. The van der Waals surface area contributed by atoms with Crippen molar-refractivity contribution in [2.45, 2.75) is 26.1 Å². The number of methoxy groups -OCH3 is 1. The third-order valence-corrected chi connectivity index (χ3v) is 4.10. The summed E-state index contributed by atoms with van der Waals surface area (Å²) in [5, 5.41) is 3.48. The van der Waals surface area contributed by atoms with Gasteiger partial charge in [-0.15, -0.1) is 0 Å². The van der Waals surface area contributed by atoms with Crippen LogP contribution in [0.15, 0.2) is 48.5 Å². The first-order valence-electron chi connectivity index (χ1n) is 8.52. The highest BCUT2D eigenvalue weighted by molar-refractivity contribution is 6.01. The maximum atomic E-state index is 13.0. The van der Waals surface area contributed by atoms with Crippen LogP contribution in [0, 0.1) is 0 Å². The predicted octanol–water partition coefficient (Wildman–Crippen LogP) is 3.69. The lowest BCUT2D eigenvalue weighted by molar-refractivity contribution is 0.0609. The molecule has 0 aromatic heterocycles. The van der Waals surface area contributed by atoms with Crippen LogP contribution in [0.25, 0.3) is 0 Å². The topological polar surface area (TPSA) is 50.8 Å². The number of nitrogens with one attached hydrogen (secondary N) is 1. The van der Waals surface area contributed by atoms with Gasteiger partial charge in [-0.2, -0.15) is 0 Å². The first-order valence-corrected chi connectivity index (χ1v) is 8.52. The zero-order chi connectivity index (χ0) is 17.8. The molecule has 5 nitrogen and oxygen atoms in total. The van der Waals surface area contributed by atoms with Crippen LogP contribution in [0.3, 0.4) is 0 Å². The van der Waals surface area contributed by atoms with E-state index < -0.39 is 0 Å². The standard InChI is InChI=1S/C20H24N2O3/c1-14(2)25-16-8-6-7-15(13-16)19-21-18-10-5-4-9-17(18)20(23)22(19)11-12-24-3/h4-10,13-14,19,21H,11-12H2,1-3H3. The van der Waals surface area contributed by atoms with E-state index in [1.54, 1.807) is 12.0 Å². The lowest BCUT2D eigenvalue weighted by Gasteiger charge is -2.38. The lowest BCUT2D eigenvalue weighted by atomic mass is 10.0. The Labute approximate surface area is 148 Å². The number of amides is 1. The molecule has 3 rings (SSSR count). The molecule has 1 aliphatic rings. The van der Waals surface area contributed by atoms with Crippen LogP contribution < -0.4 is 10.1 Å². The van der Waals surface area contributed by atoms with Gasteiger partial charge in [-0.25, -0.2) is 0 Å². The van der Waals surface area contributed by atoms with Gasteiger partial charge < -0.3 is 19.7 Å². The fourth-order valence-electron chi connectivity index (χ4n) is 3.01. The van der Waals surface area contributed by atoms with Crippen molar-refractivity contribution in [2.24, 2.45) is 0 Å². The van der Waals surface area contributed by atoms with Gasteiger partial charge in [0.2, 0.25) is 0 Å². The number of ether oxygens (including phenoxy) is 2. The summed E-state index contributed by atoms with van der Waals surface area (Å²) in [7, 11) is 1.64. The summed E-state index contributed by atoms with van der Waals surface area (Å²) in [6.45, 7) is 4.98. The monoisotopic (exact) mass is 340 g/mol. The van der Waals surface area contributed by atoms with Crippen LogP contribution in [0.2, 0.25) is 0 Å². The van der Waals surface area contributed by atoms with Crippen molar-refractivity contribution in [1.82, 2.24) is 4.90 Å². The minimum atomic E-state index is -0.256. The number of fused-ring (bicyclic) bond motifs is 1. The Kier molecular flexibility index (Phi) is 5.24. The van der Waals surface area contributed by atoms with Crippen LogP contribution in [0.4, 0.5) is 5.69 Å². The van der Waals surface area contributed by atoms with Gasteiger partial charge in [0.15, 0.2) is 0 Å². The first kappa shape index (κ1) is 17.3. The number of hydrogen-bond donors (Lipinski definition) is 1. The molecule has 0 fully saturated rings. The average Bonchev–Trinajstić information content (AvgIpc) is 2.60. The van der Waals surface area contributed by atoms with E-state index in [2.05, 4.69) is 5.32 Å². The molecule has 2 aromatic rings. The first-order chi connectivity index (χ1) is 12.1. The molecule has 132 valence electrons. The van der Waals surface area contributed by atoms with E-state index in [1.165, 1.54) is 0 Å². The van der Waals surface area contributed by atoms with Gasteiger partial charge >= 0.3 is 0 Å². The number of carbonyl (C=O) groups excluding carboxylic acids is 1. The van der Waals surface area contributed by atoms with Gasteiger partial charge in [-0.1, -0.05) is 24.3 Å². The van der Waals surface area contributed by atoms with Crippen LogP contribution in [0.5, 0.6) is 5.75 Å². The zero-order valence-corrected chi connectivity index (χ0v) is 14.9. The van der Waals surface area contributed by atoms with Gasteiger partial charge in [0.25, 0.3) is 5.91 Å². The SMILES string of the molecule is COCCN1C(=O)c2ccccc2NC1c1cccc(OC(C)C)c1. The molecule has 1 aliphatic heterocycles. The summed E-state index contributed by atoms with van der Waals surface area (Å²) >= 11 is 0. The van der Waals surface area contributed by atoms with E-state index in [0.29, 0.717) is 18.7 Å². The number of anilines is 1. The number of carbonyl (C=O) groups is 1. The van der Waals surface area contributed by atoms with Crippen LogP contribution in [-0.4, -0.2) is 37.2 Å². The molecule has 0 saturated carbocycles. The quantitative estimate of drug-likeness (QED) is 0.871. The van der Waals surface area contributed by atoms with Crippen molar-refractivity contribution in [2.75, 3.05) is 25.6 Å². The summed E-state index contributed by atoms with van der Waals surface area (Å²) in [6.07, 6.45) is -0.158. The second-order valence-electron chi connectivity index (χ2n) is 6.32. The summed E-state index contributed by atoms with van der Waals surface area (Å²) in [6, 6.07) is 15.5. The molecule has 0 bridgehead atoms. The molecule has 0 aliphatic carbocycles. The Morgan fingerprint density at radius 2 is 1.96 bits per heavy atom. The van der Waals surface area contributed by atoms with Crippen molar-refractivity contribution < 1.29 is 14.3 Å². The average molecular weight is 340 g/mol. The summed E-state index contributed by atoms with van der Waals surface area (Å²) < 4.78 is 11.0. The maximum Gasteiger partial charge on any atom is 0.257 e. The Hall–Kier alpha value is -2.53. The molecule has 0 saturated heterocycles. The van der Waals surface area contributed by atoms with Crippen molar-refractivity contribution in [3.8, 4) is 5.75 Å². The zero-order valence-electron chi connectivity index (χ0n) is 14.9. The van der Waals surface area contributed by atoms with E-state index in [9.17, 15) is 4.79 Å². The smallest absolute Gasteiger partial charge is 0.257 e. The molecule has 1 amide bonds. The molecular weight excluding hydrogens is 316 g/mol. The third kappa shape index (κ3) is 3.77. The van der Waals surface area contributed by atoms with Crippen molar-refractivity contribution in [3.05, 3.63) is 59.7 Å². The number of para-hydroxylation sites is 1. The fraction of sp³-hybridized carbons (Fsp3) is 0.350. The second-order valence-corrected chi connectivity index (χ2v) is 6.32. The van der Waals surface area contributed by atoms with Crippen molar-refractivity contribution in [3.63, 3.8) is 0 Å². The lowest BCUT2D eigenvalue weighted by Crippen LogP contribution is -2.44. The highest BCUT2D eigenvalue weighted by atomic mass is 16.5. The molecule has 5 heteroatoms.